The van der Waals surface area contributed by atoms with E-state index < -0.39 is 24.4 Å². The summed E-state index contributed by atoms with van der Waals surface area (Å²) in [5.74, 6) is 0. The molecule has 5 nitrogen and oxygen atoms in total. The van der Waals surface area contributed by atoms with Crippen LogP contribution in [0.2, 0.25) is 0 Å². The Bertz CT molecular complexity index is 118. The Kier molecular flexibility index (Phi) is 3.91. The first-order chi connectivity index (χ1) is 4.95. The molecule has 5 heteroatoms. The first-order valence-electron chi connectivity index (χ1n) is 3.41. The van der Waals surface area contributed by atoms with Crippen LogP contribution in [0.25, 0.3) is 0 Å². The van der Waals surface area contributed by atoms with Gasteiger partial charge < -0.3 is 26.8 Å². The van der Waals surface area contributed by atoms with Crippen LogP contribution in [-0.2, 0) is 0 Å². The molecule has 3 atom stereocenters. The van der Waals surface area contributed by atoms with E-state index in [4.69, 9.17) is 21.7 Å². The summed E-state index contributed by atoms with van der Waals surface area (Å²) in [5, 5.41) is 26.9. The third-order valence-corrected chi connectivity index (χ3v) is 1.62. The van der Waals surface area contributed by atoms with Crippen molar-refractivity contribution in [2.75, 3.05) is 13.2 Å². The first-order valence-corrected chi connectivity index (χ1v) is 3.41. The van der Waals surface area contributed by atoms with E-state index in [9.17, 15) is 5.11 Å². The number of hydrogen-bond acceptors (Lipinski definition) is 5. The van der Waals surface area contributed by atoms with Gasteiger partial charge in [0.1, 0.15) is 6.10 Å². The molecule has 0 saturated carbocycles. The van der Waals surface area contributed by atoms with Crippen LogP contribution in [0.4, 0.5) is 0 Å². The molecule has 0 aliphatic carbocycles. The quantitative estimate of drug-likeness (QED) is 0.312. The summed E-state index contributed by atoms with van der Waals surface area (Å²) >= 11 is 0. The highest BCUT2D eigenvalue weighted by atomic mass is 16.3. The van der Waals surface area contributed by atoms with Gasteiger partial charge in [0.05, 0.1) is 18.2 Å². The Hall–Kier alpha value is -0.200. The summed E-state index contributed by atoms with van der Waals surface area (Å²) in [6.45, 7) is 0.968. The predicted octanol–water partition coefficient (Wildman–Crippen LogP) is -2.62. The van der Waals surface area contributed by atoms with E-state index >= 15 is 0 Å². The zero-order valence-electron chi connectivity index (χ0n) is 6.57. The van der Waals surface area contributed by atoms with Crippen LogP contribution in [-0.4, -0.2) is 46.2 Å². The molecule has 0 saturated heterocycles. The molecule has 3 unspecified atom stereocenters. The predicted molar refractivity (Wildman–Crippen MR) is 40.7 cm³/mol. The van der Waals surface area contributed by atoms with E-state index in [1.165, 1.54) is 6.92 Å². The lowest BCUT2D eigenvalue weighted by atomic mass is 9.93. The maximum atomic E-state index is 9.23. The van der Waals surface area contributed by atoms with Crippen molar-refractivity contribution in [3.63, 3.8) is 0 Å². The van der Waals surface area contributed by atoms with Gasteiger partial charge in [-0.25, -0.2) is 0 Å². The molecule has 68 valence electrons. The molecule has 7 N–H and O–H groups in total. The van der Waals surface area contributed by atoms with Gasteiger partial charge in [0.15, 0.2) is 0 Å². The van der Waals surface area contributed by atoms with Gasteiger partial charge in [-0.05, 0) is 6.92 Å². The van der Waals surface area contributed by atoms with Gasteiger partial charge in [-0.2, -0.15) is 0 Å². The van der Waals surface area contributed by atoms with E-state index in [0.717, 1.165) is 0 Å². The van der Waals surface area contributed by atoms with Gasteiger partial charge >= 0.3 is 0 Å². The number of aliphatic hydroxyl groups is 3. The standard InChI is InChI=1S/C6H16N2O3/c1-6(8,3-9)5(11)4(10)2-7/h4-5,9-11H,2-3,7-8H2,1H3. The SMILES string of the molecule is CC(N)(CO)C(O)C(O)CN. The molecule has 0 fully saturated rings. The highest BCUT2D eigenvalue weighted by molar-refractivity contribution is 4.90. The van der Waals surface area contributed by atoms with Gasteiger partial charge in [0, 0.05) is 6.54 Å². The topological polar surface area (TPSA) is 113 Å². The summed E-state index contributed by atoms with van der Waals surface area (Å²) < 4.78 is 0. The number of nitrogens with two attached hydrogens (primary N) is 2. The lowest BCUT2D eigenvalue weighted by molar-refractivity contribution is -0.0352. The van der Waals surface area contributed by atoms with Gasteiger partial charge in [-0.1, -0.05) is 0 Å². The molecule has 0 aromatic rings. The third kappa shape index (κ3) is 2.72. The van der Waals surface area contributed by atoms with Crippen LogP contribution in [0.3, 0.4) is 0 Å². The summed E-state index contributed by atoms with van der Waals surface area (Å²) in [6.07, 6.45) is -2.28. The normalized spacial score (nSPS) is 22.4. The van der Waals surface area contributed by atoms with Gasteiger partial charge in [-0.15, -0.1) is 0 Å². The van der Waals surface area contributed by atoms with Gasteiger partial charge in [0.25, 0.3) is 0 Å². The van der Waals surface area contributed by atoms with E-state index in [0.29, 0.717) is 0 Å². The molecule has 11 heavy (non-hydrogen) atoms. The smallest absolute Gasteiger partial charge is 0.101 e. The molecule has 0 aliphatic heterocycles. The minimum absolute atomic E-state index is 0.0754. The van der Waals surface area contributed by atoms with Crippen LogP contribution in [0, 0.1) is 0 Å². The van der Waals surface area contributed by atoms with Crippen molar-refractivity contribution in [3.05, 3.63) is 0 Å². The molecule has 0 radical (unpaired) electrons. The molecule has 0 spiro atoms. The molecule has 0 aromatic heterocycles. The number of rotatable bonds is 4. The summed E-state index contributed by atoms with van der Waals surface area (Å²) in [4.78, 5) is 0. The molecule has 0 aromatic carbocycles. The highest BCUT2D eigenvalue weighted by Gasteiger charge is 2.32. The zero-order chi connectivity index (χ0) is 9.07. The summed E-state index contributed by atoms with van der Waals surface area (Å²) in [7, 11) is 0. The average Bonchev–Trinajstić information content (AvgIpc) is 2.01. The lowest BCUT2D eigenvalue weighted by Gasteiger charge is -2.30. The Morgan fingerprint density at radius 2 is 1.91 bits per heavy atom. The van der Waals surface area contributed by atoms with Gasteiger partial charge in [-0.3, -0.25) is 0 Å². The van der Waals surface area contributed by atoms with Crippen molar-refractivity contribution < 1.29 is 15.3 Å². The summed E-state index contributed by atoms with van der Waals surface area (Å²) in [5.41, 5.74) is 9.30. The second kappa shape index (κ2) is 3.99. The average molecular weight is 164 g/mol. The molecule has 0 rings (SSSR count). The molecular formula is C6H16N2O3. The van der Waals surface area contributed by atoms with E-state index in [-0.39, 0.29) is 6.54 Å². The van der Waals surface area contributed by atoms with Crippen molar-refractivity contribution in [1.29, 1.82) is 0 Å². The zero-order valence-corrected chi connectivity index (χ0v) is 6.57. The maximum absolute atomic E-state index is 9.23. The van der Waals surface area contributed by atoms with E-state index in [1.807, 2.05) is 0 Å². The Balaban J connectivity index is 4.10. The second-order valence-electron chi connectivity index (χ2n) is 2.91. The minimum Gasteiger partial charge on any atom is -0.394 e. The van der Waals surface area contributed by atoms with E-state index in [2.05, 4.69) is 0 Å². The first kappa shape index (κ1) is 10.8. The Morgan fingerprint density at radius 1 is 1.45 bits per heavy atom. The van der Waals surface area contributed by atoms with Crippen LogP contribution < -0.4 is 11.5 Å². The van der Waals surface area contributed by atoms with Crippen LogP contribution in [0.1, 0.15) is 6.92 Å². The Labute approximate surface area is 65.6 Å². The summed E-state index contributed by atoms with van der Waals surface area (Å²) in [6, 6.07) is 0. The van der Waals surface area contributed by atoms with Crippen molar-refractivity contribution in [3.8, 4) is 0 Å². The van der Waals surface area contributed by atoms with Crippen molar-refractivity contribution in [2.24, 2.45) is 11.5 Å². The van der Waals surface area contributed by atoms with Crippen molar-refractivity contribution in [1.82, 2.24) is 0 Å². The third-order valence-electron chi connectivity index (χ3n) is 1.62. The van der Waals surface area contributed by atoms with Crippen LogP contribution in [0.15, 0.2) is 0 Å². The molecule has 0 heterocycles. The number of aliphatic hydroxyl groups excluding tert-OH is 3. The Morgan fingerprint density at radius 3 is 2.18 bits per heavy atom. The van der Waals surface area contributed by atoms with Crippen LogP contribution in [0.5, 0.6) is 0 Å². The van der Waals surface area contributed by atoms with Gasteiger partial charge in [0.2, 0.25) is 0 Å². The molecule has 0 bridgehead atoms. The fraction of sp³-hybridized carbons (Fsp3) is 1.00. The monoisotopic (exact) mass is 164 g/mol. The minimum atomic E-state index is -1.20. The fourth-order valence-electron chi connectivity index (χ4n) is 0.662. The van der Waals surface area contributed by atoms with Crippen molar-refractivity contribution in [2.45, 2.75) is 24.7 Å². The number of hydrogen-bond donors (Lipinski definition) is 5. The van der Waals surface area contributed by atoms with Crippen LogP contribution >= 0.6 is 0 Å². The fourth-order valence-corrected chi connectivity index (χ4v) is 0.662. The highest BCUT2D eigenvalue weighted by Crippen LogP contribution is 2.08. The van der Waals surface area contributed by atoms with Crippen molar-refractivity contribution >= 4 is 0 Å². The molecular weight excluding hydrogens is 148 g/mol. The second-order valence-corrected chi connectivity index (χ2v) is 2.91. The molecule has 0 aliphatic rings. The molecule has 0 amide bonds. The lowest BCUT2D eigenvalue weighted by Crippen LogP contribution is -2.57. The maximum Gasteiger partial charge on any atom is 0.101 e. The largest absolute Gasteiger partial charge is 0.394 e. The van der Waals surface area contributed by atoms with E-state index in [1.54, 1.807) is 0 Å².